The average molecular weight is 322 g/mol. The maximum absolute atomic E-state index is 12.4. The number of rotatable bonds is 2. The zero-order chi connectivity index (χ0) is 16.8. The van der Waals surface area contributed by atoms with E-state index in [1.54, 1.807) is 50.4 Å². The third-order valence-electron chi connectivity index (χ3n) is 3.92. The largest absolute Gasteiger partial charge is 0.441 e. The standard InChI is InChI=1S/C17H14N4O3/c1-9-18-12-5-4-11(8-15(12)24-9)19-16(22)10-3-6-14-13(7-10)20-17(23)21(14)2/h3-8H,1-2H3,(H,19,22)(H,20,23). The van der Waals surface area contributed by atoms with E-state index in [1.807, 2.05) is 0 Å². The molecule has 7 nitrogen and oxygen atoms in total. The molecule has 0 saturated carbocycles. The first kappa shape index (κ1) is 14.3. The Bertz CT molecular complexity index is 1150. The molecule has 0 saturated heterocycles. The summed E-state index contributed by atoms with van der Waals surface area (Å²) in [7, 11) is 1.68. The molecular weight excluding hydrogens is 308 g/mol. The lowest BCUT2D eigenvalue weighted by Crippen LogP contribution is -2.12. The van der Waals surface area contributed by atoms with E-state index in [4.69, 9.17) is 4.42 Å². The minimum absolute atomic E-state index is 0.214. The van der Waals surface area contributed by atoms with Crippen LogP contribution in [0.15, 0.2) is 45.6 Å². The summed E-state index contributed by atoms with van der Waals surface area (Å²) < 4.78 is 6.96. The molecule has 0 fully saturated rings. The van der Waals surface area contributed by atoms with Gasteiger partial charge in [0.25, 0.3) is 5.91 Å². The highest BCUT2D eigenvalue weighted by Gasteiger charge is 2.11. The molecule has 0 atom stereocenters. The number of amides is 1. The number of aryl methyl sites for hydroxylation is 2. The number of anilines is 1. The number of hydrogen-bond acceptors (Lipinski definition) is 4. The fourth-order valence-corrected chi connectivity index (χ4v) is 2.70. The van der Waals surface area contributed by atoms with Crippen molar-refractivity contribution in [3.05, 3.63) is 58.3 Å². The molecular formula is C17H14N4O3. The second-order valence-electron chi connectivity index (χ2n) is 5.59. The number of nitrogens with zero attached hydrogens (tertiary/aromatic N) is 2. The van der Waals surface area contributed by atoms with Gasteiger partial charge >= 0.3 is 5.69 Å². The highest BCUT2D eigenvalue weighted by Crippen LogP contribution is 2.21. The van der Waals surface area contributed by atoms with Crippen LogP contribution in [0, 0.1) is 6.92 Å². The molecule has 2 aromatic heterocycles. The van der Waals surface area contributed by atoms with E-state index in [-0.39, 0.29) is 11.6 Å². The van der Waals surface area contributed by atoms with Crippen LogP contribution in [0.2, 0.25) is 0 Å². The summed E-state index contributed by atoms with van der Waals surface area (Å²) in [6.45, 7) is 1.77. The van der Waals surface area contributed by atoms with Gasteiger partial charge in [-0.05, 0) is 30.3 Å². The first-order chi connectivity index (χ1) is 11.5. The Morgan fingerprint density at radius 1 is 1.25 bits per heavy atom. The van der Waals surface area contributed by atoms with Gasteiger partial charge < -0.3 is 14.7 Å². The Balaban J connectivity index is 1.66. The smallest absolute Gasteiger partial charge is 0.326 e. The van der Waals surface area contributed by atoms with E-state index < -0.39 is 0 Å². The van der Waals surface area contributed by atoms with Gasteiger partial charge in [-0.2, -0.15) is 0 Å². The molecule has 0 aliphatic heterocycles. The molecule has 2 N–H and O–H groups in total. The molecule has 4 rings (SSSR count). The van der Waals surface area contributed by atoms with E-state index in [0.29, 0.717) is 28.2 Å². The van der Waals surface area contributed by atoms with Crippen LogP contribution in [-0.4, -0.2) is 20.4 Å². The molecule has 120 valence electrons. The molecule has 4 aromatic rings. The van der Waals surface area contributed by atoms with Crippen LogP contribution in [0.4, 0.5) is 5.69 Å². The summed E-state index contributed by atoms with van der Waals surface area (Å²) in [5.41, 5.74) is 3.59. The number of benzene rings is 2. The molecule has 0 aliphatic rings. The van der Waals surface area contributed by atoms with E-state index in [9.17, 15) is 9.59 Å². The fraction of sp³-hybridized carbons (Fsp3) is 0.118. The Morgan fingerprint density at radius 2 is 2.08 bits per heavy atom. The van der Waals surface area contributed by atoms with Crippen LogP contribution < -0.4 is 11.0 Å². The SMILES string of the molecule is Cc1nc2ccc(NC(=O)c3ccc4c(c3)[nH]c(=O)n4C)cc2o1. The quantitative estimate of drug-likeness (QED) is 0.593. The van der Waals surface area contributed by atoms with Crippen molar-refractivity contribution in [2.24, 2.45) is 7.05 Å². The summed E-state index contributed by atoms with van der Waals surface area (Å²) in [5, 5.41) is 2.82. The van der Waals surface area contributed by atoms with Crippen molar-refractivity contribution in [3.8, 4) is 0 Å². The predicted octanol–water partition coefficient (Wildman–Crippen LogP) is 2.57. The second-order valence-corrected chi connectivity index (χ2v) is 5.59. The summed E-state index contributed by atoms with van der Waals surface area (Å²) in [4.78, 5) is 31.0. The van der Waals surface area contributed by atoms with Crippen molar-refractivity contribution in [3.63, 3.8) is 0 Å². The van der Waals surface area contributed by atoms with Gasteiger partial charge in [-0.25, -0.2) is 9.78 Å². The number of hydrogen-bond donors (Lipinski definition) is 2. The first-order valence-electron chi connectivity index (χ1n) is 7.38. The van der Waals surface area contributed by atoms with E-state index in [1.165, 1.54) is 4.57 Å². The van der Waals surface area contributed by atoms with Crippen LogP contribution >= 0.6 is 0 Å². The van der Waals surface area contributed by atoms with Gasteiger partial charge in [0.1, 0.15) is 5.52 Å². The van der Waals surface area contributed by atoms with E-state index in [2.05, 4.69) is 15.3 Å². The van der Waals surface area contributed by atoms with Crippen molar-refractivity contribution in [1.29, 1.82) is 0 Å². The number of aromatic nitrogens is 3. The predicted molar refractivity (Wildman–Crippen MR) is 90.2 cm³/mol. The van der Waals surface area contributed by atoms with E-state index in [0.717, 1.165) is 11.0 Å². The lowest BCUT2D eigenvalue weighted by molar-refractivity contribution is 0.102. The molecule has 24 heavy (non-hydrogen) atoms. The van der Waals surface area contributed by atoms with Crippen molar-refractivity contribution < 1.29 is 9.21 Å². The van der Waals surface area contributed by atoms with Crippen LogP contribution in [0.3, 0.4) is 0 Å². The third-order valence-corrected chi connectivity index (χ3v) is 3.92. The third kappa shape index (κ3) is 2.26. The molecule has 0 bridgehead atoms. The number of nitrogens with one attached hydrogen (secondary N) is 2. The zero-order valence-electron chi connectivity index (χ0n) is 13.1. The number of oxazole rings is 1. The van der Waals surface area contributed by atoms with Gasteiger partial charge in [0, 0.05) is 31.3 Å². The average Bonchev–Trinajstić information content (AvgIpc) is 3.06. The van der Waals surface area contributed by atoms with Gasteiger partial charge in [-0.3, -0.25) is 9.36 Å². The molecule has 0 aliphatic carbocycles. The highest BCUT2D eigenvalue weighted by molar-refractivity contribution is 6.06. The Morgan fingerprint density at radius 3 is 2.92 bits per heavy atom. The number of carbonyl (C=O) groups is 1. The highest BCUT2D eigenvalue weighted by atomic mass is 16.3. The van der Waals surface area contributed by atoms with Crippen LogP contribution in [0.1, 0.15) is 16.2 Å². The topological polar surface area (TPSA) is 92.9 Å². The van der Waals surface area contributed by atoms with Crippen LogP contribution in [0.25, 0.3) is 22.1 Å². The van der Waals surface area contributed by atoms with E-state index >= 15 is 0 Å². The van der Waals surface area contributed by atoms with Gasteiger partial charge in [0.2, 0.25) is 0 Å². The number of H-pyrrole nitrogens is 1. The summed E-state index contributed by atoms with van der Waals surface area (Å²) in [6, 6.07) is 10.4. The molecule has 0 unspecified atom stereocenters. The minimum Gasteiger partial charge on any atom is -0.441 e. The Labute approximate surface area is 135 Å². The maximum atomic E-state index is 12.4. The molecule has 2 heterocycles. The number of carbonyl (C=O) groups excluding carboxylic acids is 1. The Kier molecular flexibility index (Phi) is 3.02. The number of imidazole rings is 1. The molecule has 0 spiro atoms. The normalized spacial score (nSPS) is 11.2. The Hall–Kier alpha value is -3.35. The van der Waals surface area contributed by atoms with Crippen LogP contribution in [-0.2, 0) is 7.05 Å². The summed E-state index contributed by atoms with van der Waals surface area (Å²) in [5.74, 6) is 0.309. The zero-order valence-corrected chi connectivity index (χ0v) is 13.1. The second kappa shape index (κ2) is 5.09. The summed E-state index contributed by atoms with van der Waals surface area (Å²) >= 11 is 0. The van der Waals surface area contributed by atoms with Crippen molar-refractivity contribution >= 4 is 33.7 Å². The number of fused-ring (bicyclic) bond motifs is 2. The lowest BCUT2D eigenvalue weighted by Gasteiger charge is -2.05. The molecule has 2 aromatic carbocycles. The van der Waals surface area contributed by atoms with Gasteiger partial charge in [-0.15, -0.1) is 0 Å². The summed E-state index contributed by atoms with van der Waals surface area (Å²) in [6.07, 6.45) is 0. The van der Waals surface area contributed by atoms with Gasteiger partial charge in [0.05, 0.1) is 11.0 Å². The van der Waals surface area contributed by atoms with Gasteiger partial charge in [0.15, 0.2) is 11.5 Å². The fourth-order valence-electron chi connectivity index (χ4n) is 2.70. The number of aromatic amines is 1. The van der Waals surface area contributed by atoms with Crippen molar-refractivity contribution in [2.75, 3.05) is 5.32 Å². The molecule has 7 heteroatoms. The van der Waals surface area contributed by atoms with Crippen LogP contribution in [0.5, 0.6) is 0 Å². The van der Waals surface area contributed by atoms with Crippen molar-refractivity contribution in [2.45, 2.75) is 6.92 Å². The molecule has 0 radical (unpaired) electrons. The lowest BCUT2D eigenvalue weighted by atomic mass is 10.2. The van der Waals surface area contributed by atoms with Crippen molar-refractivity contribution in [1.82, 2.24) is 14.5 Å². The maximum Gasteiger partial charge on any atom is 0.326 e. The molecule has 1 amide bonds. The monoisotopic (exact) mass is 322 g/mol. The minimum atomic E-state index is -0.266. The van der Waals surface area contributed by atoms with Gasteiger partial charge in [-0.1, -0.05) is 0 Å². The first-order valence-corrected chi connectivity index (χ1v) is 7.38.